The van der Waals surface area contributed by atoms with Crippen molar-refractivity contribution in [3.8, 4) is 5.75 Å². The second-order valence-corrected chi connectivity index (χ2v) is 12.5. The fourth-order valence-corrected chi connectivity index (χ4v) is 8.97. The molecule has 0 amide bonds. The lowest BCUT2D eigenvalue weighted by molar-refractivity contribution is 0.214. The summed E-state index contributed by atoms with van der Waals surface area (Å²) in [4.78, 5) is 0. The van der Waals surface area contributed by atoms with Crippen LogP contribution in [0.4, 0.5) is 26.3 Å². The molecule has 1 aromatic carbocycles. The van der Waals surface area contributed by atoms with Crippen LogP contribution in [0.1, 0.15) is 62.8 Å². The highest BCUT2D eigenvalue weighted by Gasteiger charge is 2.32. The van der Waals surface area contributed by atoms with Crippen molar-refractivity contribution in [1.29, 1.82) is 0 Å². The van der Waals surface area contributed by atoms with Crippen LogP contribution in [-0.2, 0) is 0 Å². The average molecular weight is 465 g/mol. The summed E-state index contributed by atoms with van der Waals surface area (Å²) in [6.07, 6.45) is 5.16. The Morgan fingerprint density at radius 3 is 2.00 bits per heavy atom. The van der Waals surface area contributed by atoms with Crippen molar-refractivity contribution in [2.45, 2.75) is 75.4 Å². The van der Waals surface area contributed by atoms with Crippen LogP contribution in [0.5, 0.6) is 5.75 Å². The van der Waals surface area contributed by atoms with Gasteiger partial charge in [0, 0.05) is 8.80 Å². The van der Waals surface area contributed by atoms with Gasteiger partial charge in [0.05, 0.1) is 6.67 Å². The molecule has 0 unspecified atom stereocenters. The maximum absolute atomic E-state index is 14.2. The van der Waals surface area contributed by atoms with Crippen LogP contribution in [0.3, 0.4) is 0 Å². The first kappa shape index (κ1) is 24.2. The smallest absolute Gasteiger partial charge is 0.344 e. The predicted octanol–water partition coefficient (Wildman–Crippen LogP) is 8.04. The van der Waals surface area contributed by atoms with E-state index in [9.17, 15) is 26.3 Å². The van der Waals surface area contributed by atoms with Gasteiger partial charge in [-0.05, 0) is 67.6 Å². The monoisotopic (exact) mass is 464 g/mol. The molecule has 1 aromatic rings. The Hall–Kier alpha value is -1.44. The third-order valence-electron chi connectivity index (χ3n) is 7.16. The normalized spacial score (nSPS) is 26.5. The lowest BCUT2D eigenvalue weighted by Gasteiger charge is -2.37. The number of alkyl halides is 1. The summed E-state index contributed by atoms with van der Waals surface area (Å²) in [5.74, 6) is -2.13. The molecule has 0 aromatic heterocycles. The zero-order chi connectivity index (χ0) is 22.4. The molecule has 2 fully saturated rings. The SMILES string of the molecule is FCCCC[SiH]1CCC(C2CCC(c3cc(F)c(OC(F)=C(F)F)c(F)c3)CC2)CC1. The van der Waals surface area contributed by atoms with Crippen molar-refractivity contribution < 1.29 is 31.1 Å². The minimum Gasteiger partial charge on any atom is -0.422 e. The molecule has 1 saturated carbocycles. The molecule has 8 heteroatoms. The second kappa shape index (κ2) is 11.4. The van der Waals surface area contributed by atoms with E-state index >= 15 is 0 Å². The predicted molar refractivity (Wildman–Crippen MR) is 112 cm³/mol. The molecular formula is C23H30F6OSi. The van der Waals surface area contributed by atoms with Gasteiger partial charge in [0.2, 0.25) is 5.75 Å². The van der Waals surface area contributed by atoms with Gasteiger partial charge in [-0.15, -0.1) is 0 Å². The maximum Gasteiger partial charge on any atom is 0.344 e. The van der Waals surface area contributed by atoms with Crippen molar-refractivity contribution in [1.82, 2.24) is 0 Å². The number of benzene rings is 1. The molecule has 0 radical (unpaired) electrons. The summed E-state index contributed by atoms with van der Waals surface area (Å²) in [5.41, 5.74) is 0.467. The van der Waals surface area contributed by atoms with Crippen LogP contribution in [0.2, 0.25) is 18.1 Å². The van der Waals surface area contributed by atoms with Crippen molar-refractivity contribution in [2.24, 2.45) is 11.8 Å². The first-order valence-corrected chi connectivity index (χ1v) is 13.8. The Bertz CT molecular complexity index is 727. The molecule has 0 atom stereocenters. The van der Waals surface area contributed by atoms with E-state index in [1.165, 1.54) is 31.0 Å². The maximum atomic E-state index is 14.2. The summed E-state index contributed by atoms with van der Waals surface area (Å²) in [7, 11) is -0.684. The summed E-state index contributed by atoms with van der Waals surface area (Å²) >= 11 is 0. The molecule has 1 aliphatic heterocycles. The molecule has 0 spiro atoms. The van der Waals surface area contributed by atoms with Crippen molar-refractivity contribution >= 4 is 8.80 Å². The van der Waals surface area contributed by atoms with E-state index in [-0.39, 0.29) is 12.6 Å². The quantitative estimate of drug-likeness (QED) is 0.164. The molecule has 3 rings (SSSR count). The first-order chi connectivity index (χ1) is 14.9. The van der Waals surface area contributed by atoms with Crippen LogP contribution in [0.25, 0.3) is 0 Å². The van der Waals surface area contributed by atoms with Gasteiger partial charge < -0.3 is 4.74 Å². The largest absolute Gasteiger partial charge is 0.422 e. The highest BCUT2D eigenvalue weighted by molar-refractivity contribution is 6.58. The summed E-state index contributed by atoms with van der Waals surface area (Å²) in [5, 5.41) is 0. The Morgan fingerprint density at radius 2 is 1.45 bits per heavy atom. The molecule has 0 N–H and O–H groups in total. The molecule has 1 nitrogen and oxygen atoms in total. The molecule has 2 aliphatic rings. The van der Waals surface area contributed by atoms with Gasteiger partial charge >= 0.3 is 12.1 Å². The van der Waals surface area contributed by atoms with Crippen LogP contribution in [-0.4, -0.2) is 15.5 Å². The standard InChI is InChI=1S/C23H30F6OSi/c24-9-1-2-10-31-11-7-17(8-12-31)15-3-5-16(6-4-15)18-13-19(25)21(20(26)14-18)30-23(29)22(27)28/h13-17,31H,1-12H2. The Balaban J connectivity index is 1.51. The van der Waals surface area contributed by atoms with E-state index < -0.39 is 38.3 Å². The van der Waals surface area contributed by atoms with Gasteiger partial charge in [0.1, 0.15) is 0 Å². The Labute approximate surface area is 181 Å². The molecule has 0 bridgehead atoms. The van der Waals surface area contributed by atoms with E-state index in [2.05, 4.69) is 4.74 Å². The van der Waals surface area contributed by atoms with E-state index in [1.807, 2.05) is 0 Å². The minimum atomic E-state index is -2.77. The van der Waals surface area contributed by atoms with Gasteiger partial charge in [-0.3, -0.25) is 4.39 Å². The topological polar surface area (TPSA) is 9.23 Å². The number of halogens is 6. The lowest BCUT2D eigenvalue weighted by Crippen LogP contribution is -2.28. The second-order valence-electron chi connectivity index (χ2n) is 9.03. The highest BCUT2D eigenvalue weighted by atomic mass is 28.3. The van der Waals surface area contributed by atoms with E-state index in [1.54, 1.807) is 0 Å². The van der Waals surface area contributed by atoms with Crippen molar-refractivity contribution in [2.75, 3.05) is 6.67 Å². The number of hydrogen-bond acceptors (Lipinski definition) is 1. The zero-order valence-electron chi connectivity index (χ0n) is 17.6. The molecule has 1 aliphatic carbocycles. The zero-order valence-corrected chi connectivity index (χ0v) is 18.8. The van der Waals surface area contributed by atoms with Gasteiger partial charge in [-0.1, -0.05) is 37.4 Å². The third kappa shape index (κ3) is 6.53. The molecule has 1 heterocycles. The number of rotatable bonds is 8. The van der Waals surface area contributed by atoms with Crippen LogP contribution in [0, 0.1) is 23.5 Å². The fourth-order valence-electron chi connectivity index (χ4n) is 5.44. The number of unbranched alkanes of at least 4 members (excludes halogenated alkanes) is 1. The minimum absolute atomic E-state index is 0.000912. The number of hydrogen-bond donors (Lipinski definition) is 0. The first-order valence-electron chi connectivity index (χ1n) is 11.3. The highest BCUT2D eigenvalue weighted by Crippen LogP contribution is 2.44. The third-order valence-corrected chi connectivity index (χ3v) is 10.7. The number of ether oxygens (including phenoxy) is 1. The average Bonchev–Trinajstić information content (AvgIpc) is 2.76. The Morgan fingerprint density at radius 1 is 0.871 bits per heavy atom. The van der Waals surface area contributed by atoms with Gasteiger partial charge in [0.15, 0.2) is 11.6 Å². The Kier molecular flexibility index (Phi) is 8.92. The molecule has 174 valence electrons. The molecule has 31 heavy (non-hydrogen) atoms. The van der Waals surface area contributed by atoms with Crippen LogP contribution >= 0.6 is 0 Å². The summed E-state index contributed by atoms with van der Waals surface area (Å²) in [6.45, 7) is -0.208. The van der Waals surface area contributed by atoms with Gasteiger partial charge in [0.25, 0.3) is 0 Å². The molecule has 1 saturated heterocycles. The van der Waals surface area contributed by atoms with E-state index in [4.69, 9.17) is 0 Å². The van der Waals surface area contributed by atoms with Crippen molar-refractivity contribution in [3.05, 3.63) is 41.4 Å². The van der Waals surface area contributed by atoms with E-state index in [0.29, 0.717) is 17.9 Å². The van der Waals surface area contributed by atoms with E-state index in [0.717, 1.165) is 50.2 Å². The van der Waals surface area contributed by atoms with Crippen molar-refractivity contribution in [3.63, 3.8) is 0 Å². The van der Waals surface area contributed by atoms with Crippen LogP contribution in [0.15, 0.2) is 24.2 Å². The lowest BCUT2D eigenvalue weighted by atomic mass is 9.72. The van der Waals surface area contributed by atoms with Gasteiger partial charge in [-0.25, -0.2) is 8.78 Å². The van der Waals surface area contributed by atoms with Gasteiger partial charge in [-0.2, -0.15) is 13.2 Å². The van der Waals surface area contributed by atoms with Crippen LogP contribution < -0.4 is 4.74 Å². The summed E-state index contributed by atoms with van der Waals surface area (Å²) in [6, 6.07) is 3.80. The molecular weight excluding hydrogens is 434 g/mol. The summed E-state index contributed by atoms with van der Waals surface area (Å²) < 4.78 is 81.9. The fraction of sp³-hybridized carbons (Fsp3) is 0.652.